The fourth-order valence-electron chi connectivity index (χ4n) is 3.10. The Morgan fingerprint density at radius 1 is 1.36 bits per heavy atom. The minimum atomic E-state index is -1.05. The number of hydrogen-bond acceptors (Lipinski definition) is 5. The van der Waals surface area contributed by atoms with Crippen molar-refractivity contribution >= 4 is 35.2 Å². The summed E-state index contributed by atoms with van der Waals surface area (Å²) in [7, 11) is 0. The fraction of sp³-hybridized carbons (Fsp3) is 0.350. The molecule has 0 bridgehead atoms. The van der Waals surface area contributed by atoms with Crippen molar-refractivity contribution in [1.82, 2.24) is 4.98 Å². The molecule has 28 heavy (non-hydrogen) atoms. The number of piperidine rings is 1. The first-order valence-corrected chi connectivity index (χ1v) is 9.10. The largest absolute Gasteiger partial charge is 0.478 e. The Balaban J connectivity index is 1.85. The lowest BCUT2D eigenvalue weighted by Crippen LogP contribution is -2.34. The number of nitrogens with zero attached hydrogens (tertiary/aromatic N) is 4. The molecule has 8 nitrogen and oxygen atoms in total. The summed E-state index contributed by atoms with van der Waals surface area (Å²) in [5.41, 5.74) is 1.34. The lowest BCUT2D eigenvalue weighted by atomic mass is 9.99. The van der Waals surface area contributed by atoms with Crippen molar-refractivity contribution in [2.45, 2.75) is 26.2 Å². The molecule has 2 aliphatic heterocycles. The molecule has 0 atom stereocenters. The van der Waals surface area contributed by atoms with Gasteiger partial charge in [0.15, 0.2) is 11.5 Å². The number of carboxylic acids is 1. The second kappa shape index (κ2) is 8.48. The fourth-order valence-corrected chi connectivity index (χ4v) is 3.10. The molecule has 0 saturated carbocycles. The van der Waals surface area contributed by atoms with E-state index < -0.39 is 5.97 Å². The zero-order chi connectivity index (χ0) is 20.1. The van der Waals surface area contributed by atoms with Crippen LogP contribution in [0.2, 0.25) is 0 Å². The summed E-state index contributed by atoms with van der Waals surface area (Å²) in [6.07, 6.45) is 6.45. The molecule has 1 aromatic heterocycles. The predicted octanol–water partition coefficient (Wildman–Crippen LogP) is 2.96. The number of aliphatic imine (C=N–C) groups is 1. The Kier molecular flexibility index (Phi) is 5.84. The Bertz CT molecular complexity index is 918. The number of aliphatic carboxylic acids is 1. The average molecular weight is 379 g/mol. The molecule has 0 aliphatic carbocycles. The third kappa shape index (κ3) is 4.62. The maximum atomic E-state index is 12.5. The maximum Gasteiger partial charge on any atom is 0.328 e. The van der Waals surface area contributed by atoms with Gasteiger partial charge in [-0.25, -0.2) is 9.78 Å². The summed E-state index contributed by atoms with van der Waals surface area (Å²) in [5, 5.41) is 11.7. The van der Waals surface area contributed by atoms with Crippen molar-refractivity contribution in [3.63, 3.8) is 0 Å². The highest BCUT2D eigenvalue weighted by Crippen LogP contribution is 2.29. The van der Waals surface area contributed by atoms with Gasteiger partial charge in [-0.2, -0.15) is 0 Å². The topological polar surface area (TPSA) is 99.2 Å². The van der Waals surface area contributed by atoms with Gasteiger partial charge in [0.1, 0.15) is 0 Å². The first kappa shape index (κ1) is 19.3. The van der Waals surface area contributed by atoms with Crippen LogP contribution in [0.3, 0.4) is 0 Å². The monoisotopic (exact) mass is 379 g/mol. The summed E-state index contributed by atoms with van der Waals surface area (Å²) in [6.45, 7) is 10.8. The molecule has 0 radical (unpaired) electrons. The van der Waals surface area contributed by atoms with Gasteiger partial charge in [-0.1, -0.05) is 19.6 Å². The van der Waals surface area contributed by atoms with Gasteiger partial charge >= 0.3 is 5.97 Å². The van der Waals surface area contributed by atoms with Gasteiger partial charge in [0.25, 0.3) is 11.7 Å². The van der Waals surface area contributed by atoms with E-state index in [1.807, 2.05) is 0 Å². The molecule has 0 spiro atoms. The van der Waals surface area contributed by atoms with Gasteiger partial charge in [0, 0.05) is 25.6 Å². The van der Waals surface area contributed by atoms with E-state index in [1.54, 1.807) is 18.2 Å². The quantitative estimate of drug-likeness (QED) is 0.605. The second-order valence-corrected chi connectivity index (χ2v) is 6.84. The standard InChI is InChI=1S/C20H21N5O3/c1-13-9-11-25(12-10-13)19-15(5-3-14(22-19)4-8-18(26)27)24-20(28)16-6-7-17(21-2)23-16/h3-5,7-8,13H,6,9-12H2,1H3,(H,24,28)(H,26,27)/b8-4+. The van der Waals surface area contributed by atoms with Gasteiger partial charge in [-0.05, 0) is 37.0 Å². The number of rotatable bonds is 5. The van der Waals surface area contributed by atoms with Crippen LogP contribution in [0.15, 0.2) is 35.1 Å². The molecule has 1 amide bonds. The molecule has 3 rings (SSSR count). The van der Waals surface area contributed by atoms with Crippen LogP contribution in [0.1, 0.15) is 31.9 Å². The van der Waals surface area contributed by atoms with Crippen molar-refractivity contribution in [2.75, 3.05) is 23.3 Å². The lowest BCUT2D eigenvalue weighted by molar-refractivity contribution is -0.131. The highest BCUT2D eigenvalue weighted by atomic mass is 16.4. The highest BCUT2D eigenvalue weighted by molar-refractivity contribution is 6.44. The number of hydrogen-bond donors (Lipinski definition) is 2. The van der Waals surface area contributed by atoms with Gasteiger partial charge in [-0.15, -0.1) is 4.99 Å². The Morgan fingerprint density at radius 2 is 2.11 bits per heavy atom. The molecule has 8 heteroatoms. The van der Waals surface area contributed by atoms with Gasteiger partial charge < -0.3 is 20.2 Å². The van der Waals surface area contributed by atoms with Crippen LogP contribution in [0, 0.1) is 12.5 Å². The van der Waals surface area contributed by atoms with Crippen LogP contribution in [0.4, 0.5) is 11.5 Å². The molecule has 1 fully saturated rings. The van der Waals surface area contributed by atoms with Crippen molar-refractivity contribution in [3.8, 4) is 0 Å². The number of anilines is 2. The second-order valence-electron chi connectivity index (χ2n) is 6.84. The third-order valence-corrected chi connectivity index (χ3v) is 4.73. The lowest BCUT2D eigenvalue weighted by Gasteiger charge is -2.32. The molecule has 0 aromatic carbocycles. The van der Waals surface area contributed by atoms with Crippen LogP contribution >= 0.6 is 0 Å². The van der Waals surface area contributed by atoms with Crippen LogP contribution in [0.5, 0.6) is 0 Å². The third-order valence-electron chi connectivity index (χ3n) is 4.73. The van der Waals surface area contributed by atoms with Crippen molar-refractivity contribution < 1.29 is 14.7 Å². The average Bonchev–Trinajstić information content (AvgIpc) is 3.17. The highest BCUT2D eigenvalue weighted by Gasteiger charge is 2.24. The van der Waals surface area contributed by atoms with E-state index in [0.29, 0.717) is 35.2 Å². The van der Waals surface area contributed by atoms with E-state index in [0.717, 1.165) is 32.0 Å². The van der Waals surface area contributed by atoms with Gasteiger partial charge in [-0.3, -0.25) is 4.79 Å². The summed E-state index contributed by atoms with van der Waals surface area (Å²) in [4.78, 5) is 37.3. The number of nitrogens with one attached hydrogen (secondary N) is 1. The Morgan fingerprint density at radius 3 is 2.75 bits per heavy atom. The van der Waals surface area contributed by atoms with Crippen LogP contribution in [-0.4, -0.2) is 40.8 Å². The molecule has 3 heterocycles. The minimum absolute atomic E-state index is 0.225. The SMILES string of the molecule is [C-]#[N+]C1=CCC(C(=O)Nc2ccc(/C=C/C(=O)O)nc2N2CCC(C)CC2)=N1. The molecular formula is C20H21N5O3. The van der Waals surface area contributed by atoms with E-state index in [-0.39, 0.29) is 11.7 Å². The van der Waals surface area contributed by atoms with Crippen molar-refractivity contribution in [2.24, 2.45) is 10.9 Å². The van der Waals surface area contributed by atoms with E-state index in [2.05, 4.69) is 32.0 Å². The van der Waals surface area contributed by atoms with Gasteiger partial charge in [0.05, 0.1) is 11.4 Å². The van der Waals surface area contributed by atoms with E-state index >= 15 is 0 Å². The molecule has 2 N–H and O–H groups in total. The van der Waals surface area contributed by atoms with Crippen molar-refractivity contribution in [3.05, 3.63) is 47.2 Å². The number of aromatic nitrogens is 1. The van der Waals surface area contributed by atoms with Crippen LogP contribution in [0.25, 0.3) is 10.9 Å². The number of carboxylic acid groups (broad SMARTS) is 1. The molecule has 2 aliphatic rings. The number of carbonyl (C=O) groups is 2. The minimum Gasteiger partial charge on any atom is -0.478 e. The summed E-state index contributed by atoms with van der Waals surface area (Å²) < 4.78 is 0. The predicted molar refractivity (Wildman–Crippen MR) is 107 cm³/mol. The van der Waals surface area contributed by atoms with Crippen LogP contribution < -0.4 is 10.2 Å². The molecule has 1 saturated heterocycles. The van der Waals surface area contributed by atoms with Crippen LogP contribution in [-0.2, 0) is 9.59 Å². The zero-order valence-electron chi connectivity index (χ0n) is 15.6. The molecule has 0 unspecified atom stereocenters. The van der Waals surface area contributed by atoms with E-state index in [1.165, 1.54) is 6.08 Å². The summed E-state index contributed by atoms with van der Waals surface area (Å²) in [6, 6.07) is 3.38. The molecule has 144 valence electrons. The van der Waals surface area contributed by atoms with Crippen molar-refractivity contribution in [1.29, 1.82) is 0 Å². The summed E-state index contributed by atoms with van der Waals surface area (Å²) >= 11 is 0. The maximum absolute atomic E-state index is 12.5. The van der Waals surface area contributed by atoms with Gasteiger partial charge in [0.2, 0.25) is 0 Å². The zero-order valence-corrected chi connectivity index (χ0v) is 15.6. The normalized spacial score (nSPS) is 17.2. The molecule has 1 aromatic rings. The van der Waals surface area contributed by atoms with E-state index in [4.69, 9.17) is 11.7 Å². The number of pyridine rings is 1. The van der Waals surface area contributed by atoms with E-state index in [9.17, 15) is 9.59 Å². The smallest absolute Gasteiger partial charge is 0.328 e. The number of allylic oxidation sites excluding steroid dienone is 1. The number of carbonyl (C=O) groups excluding carboxylic acids is 1. The Labute approximate surface area is 163 Å². The first-order chi connectivity index (χ1) is 13.5. The summed E-state index contributed by atoms with van der Waals surface area (Å²) in [5.74, 6) is 0.0646. The molecular weight excluding hydrogens is 358 g/mol. The number of amides is 1. The first-order valence-electron chi connectivity index (χ1n) is 9.10. The Hall–Kier alpha value is -3.47.